The third-order valence-corrected chi connectivity index (χ3v) is 3.50. The zero-order valence-electron chi connectivity index (χ0n) is 11.5. The lowest BCUT2D eigenvalue weighted by Gasteiger charge is -2.00. The largest absolute Gasteiger partial charge is 0.399 e. The maximum Gasteiger partial charge on any atom is 0.212 e. The van der Waals surface area contributed by atoms with Gasteiger partial charge in [0.05, 0.1) is 0 Å². The summed E-state index contributed by atoms with van der Waals surface area (Å²) >= 11 is 0. The molecule has 0 aliphatic heterocycles. The minimum atomic E-state index is 0.790. The van der Waals surface area contributed by atoms with Crippen LogP contribution in [0.3, 0.4) is 0 Å². The first-order valence-corrected chi connectivity index (χ1v) is 6.65. The van der Waals surface area contributed by atoms with Gasteiger partial charge in [-0.3, -0.25) is 0 Å². The van der Waals surface area contributed by atoms with E-state index < -0.39 is 0 Å². The van der Waals surface area contributed by atoms with Crippen LogP contribution in [-0.2, 0) is 7.05 Å². The number of nitrogens with two attached hydrogens (primary N) is 1. The molecule has 3 rings (SSSR count). The predicted octanol–water partition coefficient (Wildman–Crippen LogP) is 3.42. The van der Waals surface area contributed by atoms with Crippen LogP contribution in [0, 0.1) is 0 Å². The summed E-state index contributed by atoms with van der Waals surface area (Å²) in [7, 11) is 2.09. The van der Waals surface area contributed by atoms with E-state index in [1.165, 1.54) is 16.6 Å². The molecule has 0 saturated heterocycles. The third-order valence-electron chi connectivity index (χ3n) is 3.50. The molecule has 1 heterocycles. The Morgan fingerprint density at radius 3 is 2.40 bits per heavy atom. The number of hydrogen-bond acceptors (Lipinski definition) is 1. The van der Waals surface area contributed by atoms with Gasteiger partial charge in [-0.25, -0.2) is 0 Å². The fourth-order valence-corrected chi connectivity index (χ4v) is 2.32. The van der Waals surface area contributed by atoms with Crippen LogP contribution in [0.5, 0.6) is 0 Å². The van der Waals surface area contributed by atoms with Crippen molar-refractivity contribution in [3.05, 3.63) is 71.9 Å². The van der Waals surface area contributed by atoms with Gasteiger partial charge in [0.25, 0.3) is 0 Å². The average molecular weight is 261 g/mol. The van der Waals surface area contributed by atoms with Crippen molar-refractivity contribution in [2.45, 2.75) is 0 Å². The lowest BCUT2D eigenvalue weighted by atomic mass is 10.1. The van der Waals surface area contributed by atoms with Crippen molar-refractivity contribution in [1.29, 1.82) is 0 Å². The summed E-state index contributed by atoms with van der Waals surface area (Å²) in [6, 6.07) is 20.6. The molecule has 0 aliphatic carbocycles. The fraction of sp³-hybridized carbons (Fsp3) is 0.0556. The summed E-state index contributed by atoms with van der Waals surface area (Å²) in [5.41, 5.74) is 10.0. The van der Waals surface area contributed by atoms with Gasteiger partial charge in [0.15, 0.2) is 0 Å². The molecule has 0 unspecified atom stereocenters. The molecular formula is C18H17N2+. The minimum Gasteiger partial charge on any atom is -0.399 e. The molecule has 0 bridgehead atoms. The van der Waals surface area contributed by atoms with E-state index in [4.69, 9.17) is 5.73 Å². The molecular weight excluding hydrogens is 244 g/mol. The number of rotatable bonds is 2. The van der Waals surface area contributed by atoms with Crippen LogP contribution in [0.4, 0.5) is 5.69 Å². The number of hydrogen-bond donors (Lipinski definition) is 1. The van der Waals surface area contributed by atoms with E-state index in [0.717, 1.165) is 11.3 Å². The molecule has 98 valence electrons. The van der Waals surface area contributed by atoms with Gasteiger partial charge in [0.1, 0.15) is 7.05 Å². The number of nitrogens with zero attached hydrogens (tertiary/aromatic N) is 1. The first kappa shape index (κ1) is 12.4. The molecule has 0 saturated carbocycles. The van der Waals surface area contributed by atoms with E-state index >= 15 is 0 Å². The molecule has 3 aromatic rings. The molecule has 0 radical (unpaired) electrons. The Morgan fingerprint density at radius 2 is 1.60 bits per heavy atom. The van der Waals surface area contributed by atoms with Gasteiger partial charge in [-0.05, 0) is 35.9 Å². The zero-order chi connectivity index (χ0) is 13.9. The topological polar surface area (TPSA) is 29.9 Å². The number of nitrogen functional groups attached to an aromatic ring is 1. The maximum absolute atomic E-state index is 5.69. The molecule has 2 nitrogen and oxygen atoms in total. The summed E-state index contributed by atoms with van der Waals surface area (Å²) in [6.07, 6.45) is 4.22. The van der Waals surface area contributed by atoms with Crippen LogP contribution in [0.25, 0.3) is 23.1 Å². The summed E-state index contributed by atoms with van der Waals surface area (Å²) in [5, 5.41) is 1.25. The molecule has 2 aromatic carbocycles. The standard InChI is InChI=1S/C18H16N2/c1-20-17(12-8-14-6-10-16(19)11-7-14)13-9-15-4-2-3-5-18(15)20/h2-13,19H,1H3/p+1. The van der Waals surface area contributed by atoms with Gasteiger partial charge in [-0.2, -0.15) is 4.57 Å². The molecule has 0 atom stereocenters. The normalized spacial score (nSPS) is 11.2. The van der Waals surface area contributed by atoms with E-state index in [0.29, 0.717) is 0 Å². The molecule has 0 fully saturated rings. The maximum atomic E-state index is 5.69. The van der Waals surface area contributed by atoms with Crippen molar-refractivity contribution < 1.29 is 4.57 Å². The van der Waals surface area contributed by atoms with Crippen molar-refractivity contribution in [2.24, 2.45) is 7.05 Å². The van der Waals surface area contributed by atoms with Gasteiger partial charge >= 0.3 is 0 Å². The molecule has 0 amide bonds. The van der Waals surface area contributed by atoms with E-state index in [9.17, 15) is 0 Å². The summed E-state index contributed by atoms with van der Waals surface area (Å²) in [5.74, 6) is 0. The quantitative estimate of drug-likeness (QED) is 0.556. The van der Waals surface area contributed by atoms with Crippen LogP contribution < -0.4 is 10.3 Å². The van der Waals surface area contributed by atoms with Crippen molar-refractivity contribution in [2.75, 3.05) is 5.73 Å². The lowest BCUT2D eigenvalue weighted by Crippen LogP contribution is -2.32. The summed E-state index contributed by atoms with van der Waals surface area (Å²) in [4.78, 5) is 0. The first-order valence-electron chi connectivity index (χ1n) is 6.65. The second-order valence-corrected chi connectivity index (χ2v) is 4.88. The van der Waals surface area contributed by atoms with Gasteiger partial charge in [0.2, 0.25) is 11.2 Å². The first-order chi connectivity index (χ1) is 9.74. The molecule has 2 heteroatoms. The number of aryl methyl sites for hydroxylation is 1. The van der Waals surface area contributed by atoms with Crippen LogP contribution in [-0.4, -0.2) is 0 Å². The molecule has 0 aliphatic rings. The second kappa shape index (κ2) is 5.17. The fourth-order valence-electron chi connectivity index (χ4n) is 2.32. The Hall–Kier alpha value is -2.61. The smallest absolute Gasteiger partial charge is 0.212 e. The van der Waals surface area contributed by atoms with E-state index in [2.05, 4.69) is 60.2 Å². The number of benzene rings is 2. The highest BCUT2D eigenvalue weighted by Gasteiger charge is 2.07. The van der Waals surface area contributed by atoms with E-state index in [-0.39, 0.29) is 0 Å². The van der Waals surface area contributed by atoms with Crippen LogP contribution in [0.2, 0.25) is 0 Å². The van der Waals surface area contributed by atoms with Crippen LogP contribution in [0.15, 0.2) is 60.7 Å². The SMILES string of the molecule is C[n+]1c(/C=C/c2ccc(N)cc2)ccc2ccccc21. The molecule has 20 heavy (non-hydrogen) atoms. The highest BCUT2D eigenvalue weighted by molar-refractivity contribution is 5.77. The number of fused-ring (bicyclic) bond motifs is 1. The van der Waals surface area contributed by atoms with Crippen LogP contribution >= 0.6 is 0 Å². The average Bonchev–Trinajstić information content (AvgIpc) is 2.49. The molecule has 2 N–H and O–H groups in total. The summed E-state index contributed by atoms with van der Waals surface area (Å²) in [6.45, 7) is 0. The van der Waals surface area contributed by atoms with Crippen molar-refractivity contribution >= 4 is 28.7 Å². The number of anilines is 1. The van der Waals surface area contributed by atoms with E-state index in [1.807, 2.05) is 24.3 Å². The lowest BCUT2D eigenvalue weighted by molar-refractivity contribution is -0.646. The highest BCUT2D eigenvalue weighted by Crippen LogP contribution is 2.12. The zero-order valence-corrected chi connectivity index (χ0v) is 11.5. The molecule has 0 spiro atoms. The van der Waals surface area contributed by atoms with Crippen molar-refractivity contribution in [3.8, 4) is 0 Å². The Bertz CT molecular complexity index is 771. The van der Waals surface area contributed by atoms with Gasteiger partial charge in [-0.1, -0.05) is 24.3 Å². The van der Waals surface area contributed by atoms with Crippen LogP contribution in [0.1, 0.15) is 11.3 Å². The minimum absolute atomic E-state index is 0.790. The Kier molecular flexibility index (Phi) is 3.21. The number of pyridine rings is 1. The van der Waals surface area contributed by atoms with Crippen molar-refractivity contribution in [3.63, 3.8) is 0 Å². The number of para-hydroxylation sites is 1. The summed E-state index contributed by atoms with van der Waals surface area (Å²) < 4.78 is 2.20. The van der Waals surface area contributed by atoms with Gasteiger partial charge in [0, 0.05) is 29.3 Å². The third kappa shape index (κ3) is 2.41. The van der Waals surface area contributed by atoms with Gasteiger partial charge in [-0.15, -0.1) is 0 Å². The Balaban J connectivity index is 1.98. The molecule has 1 aromatic heterocycles. The second-order valence-electron chi connectivity index (χ2n) is 4.88. The predicted molar refractivity (Wildman–Crippen MR) is 84.9 cm³/mol. The van der Waals surface area contributed by atoms with Crippen molar-refractivity contribution in [1.82, 2.24) is 0 Å². The number of aromatic nitrogens is 1. The highest BCUT2D eigenvalue weighted by atomic mass is 14.9. The van der Waals surface area contributed by atoms with Gasteiger partial charge < -0.3 is 5.73 Å². The monoisotopic (exact) mass is 261 g/mol. The van der Waals surface area contributed by atoms with E-state index in [1.54, 1.807) is 0 Å². The Morgan fingerprint density at radius 1 is 0.850 bits per heavy atom. The Labute approximate surface area is 118 Å².